The van der Waals surface area contributed by atoms with E-state index in [-0.39, 0.29) is 34.3 Å². The Kier molecular flexibility index (Phi) is 6.67. The Bertz CT molecular complexity index is 1500. The summed E-state index contributed by atoms with van der Waals surface area (Å²) in [7, 11) is -2.84. The Labute approximate surface area is 210 Å². The Morgan fingerprint density at radius 2 is 1.83 bits per heavy atom. The predicted molar refractivity (Wildman–Crippen MR) is 128 cm³/mol. The van der Waals surface area contributed by atoms with E-state index in [1.165, 1.54) is 9.36 Å². The molecule has 1 fully saturated rings. The number of cyclic esters (lactones) is 1. The minimum Gasteiger partial charge on any atom is -0.463 e. The number of rotatable bonds is 6. The van der Waals surface area contributed by atoms with Crippen molar-refractivity contribution in [1.29, 1.82) is 0 Å². The van der Waals surface area contributed by atoms with Crippen molar-refractivity contribution in [2.45, 2.75) is 24.3 Å². The minimum absolute atomic E-state index is 0.103. The third-order valence-corrected chi connectivity index (χ3v) is 7.59. The van der Waals surface area contributed by atoms with Gasteiger partial charge in [-0.25, -0.2) is 22.7 Å². The average Bonchev–Trinajstić information content (AvgIpc) is 3.29. The van der Waals surface area contributed by atoms with Crippen LogP contribution >= 0.6 is 23.2 Å². The van der Waals surface area contributed by atoms with E-state index in [0.717, 1.165) is 12.1 Å². The van der Waals surface area contributed by atoms with Crippen LogP contribution in [0.25, 0.3) is 5.69 Å². The van der Waals surface area contributed by atoms with Gasteiger partial charge in [-0.05, 0) is 31.2 Å². The first kappa shape index (κ1) is 24.8. The maximum Gasteiger partial charge on any atom is 0.347 e. The molecule has 0 saturated carbocycles. The smallest absolute Gasteiger partial charge is 0.347 e. The molecule has 1 unspecified atom stereocenters. The van der Waals surface area contributed by atoms with Gasteiger partial charge in [-0.3, -0.25) is 14.2 Å². The van der Waals surface area contributed by atoms with E-state index >= 15 is 0 Å². The normalized spacial score (nSPS) is 15.7. The van der Waals surface area contributed by atoms with Crippen molar-refractivity contribution in [3.8, 4) is 5.69 Å². The van der Waals surface area contributed by atoms with Gasteiger partial charge < -0.3 is 9.47 Å². The summed E-state index contributed by atoms with van der Waals surface area (Å²) < 4.78 is 41.4. The lowest BCUT2D eigenvalue weighted by Gasteiger charge is -2.13. The van der Waals surface area contributed by atoms with Crippen LogP contribution in [0.4, 0.5) is 5.69 Å². The fraction of sp³-hybridized carbons (Fsp3) is 0.227. The number of nitrogens with one attached hydrogen (secondary N) is 1. The van der Waals surface area contributed by atoms with Crippen LogP contribution in [0, 0.1) is 6.92 Å². The number of carbonyl (C=O) groups excluding carboxylic acids is 2. The van der Waals surface area contributed by atoms with Crippen LogP contribution in [-0.2, 0) is 31.3 Å². The van der Waals surface area contributed by atoms with E-state index in [4.69, 9.17) is 32.7 Å². The predicted octanol–water partition coefficient (Wildman–Crippen LogP) is 3.06. The van der Waals surface area contributed by atoms with Gasteiger partial charge in [0, 0.05) is 13.5 Å². The molecular weight excluding hydrogens is 521 g/mol. The summed E-state index contributed by atoms with van der Waals surface area (Å²) in [5.41, 5.74) is -0.243. The monoisotopic (exact) mass is 539 g/mol. The van der Waals surface area contributed by atoms with Crippen LogP contribution in [0.2, 0.25) is 10.0 Å². The number of hydrogen-bond acceptors (Lipinski definition) is 7. The van der Waals surface area contributed by atoms with Crippen LogP contribution in [-0.4, -0.2) is 42.4 Å². The van der Waals surface area contributed by atoms with Crippen molar-refractivity contribution in [1.82, 2.24) is 9.36 Å². The number of carbonyl (C=O) groups is 2. The molecule has 1 N–H and O–H groups in total. The van der Waals surface area contributed by atoms with Crippen LogP contribution in [0.3, 0.4) is 0 Å². The summed E-state index contributed by atoms with van der Waals surface area (Å²) >= 11 is 12.2. The number of anilines is 1. The van der Waals surface area contributed by atoms with Gasteiger partial charge in [-0.15, -0.1) is 0 Å². The largest absolute Gasteiger partial charge is 0.463 e. The summed E-state index contributed by atoms with van der Waals surface area (Å²) in [6.45, 7) is 1.68. The highest BCUT2D eigenvalue weighted by atomic mass is 35.5. The molecule has 1 saturated heterocycles. The lowest BCUT2D eigenvalue weighted by Crippen LogP contribution is -2.24. The summed E-state index contributed by atoms with van der Waals surface area (Å²) in [5, 5.41) is -0.455. The van der Waals surface area contributed by atoms with Gasteiger partial charge in [-0.2, -0.15) is 0 Å². The molecule has 1 aromatic heterocycles. The molecule has 0 aliphatic carbocycles. The van der Waals surface area contributed by atoms with Crippen LogP contribution < -0.4 is 10.3 Å². The van der Waals surface area contributed by atoms with Gasteiger partial charge in [0.25, 0.3) is 15.6 Å². The molecule has 3 aromatic rings. The molecule has 2 heterocycles. The molecule has 1 atom stereocenters. The van der Waals surface area contributed by atoms with E-state index in [9.17, 15) is 22.8 Å². The number of hydrogen-bond donors (Lipinski definition) is 1. The molecule has 0 spiro atoms. The molecule has 0 amide bonds. The number of para-hydroxylation sites is 1. The Balaban J connectivity index is 1.71. The van der Waals surface area contributed by atoms with Gasteiger partial charge in [0.1, 0.15) is 10.6 Å². The molecule has 35 heavy (non-hydrogen) atoms. The zero-order chi connectivity index (χ0) is 25.5. The molecule has 13 heteroatoms. The highest BCUT2D eigenvalue weighted by molar-refractivity contribution is 7.92. The molecule has 0 radical (unpaired) electrons. The third-order valence-electron chi connectivity index (χ3n) is 5.46. The van der Waals surface area contributed by atoms with Crippen molar-refractivity contribution in [3.05, 3.63) is 74.1 Å². The van der Waals surface area contributed by atoms with Crippen molar-refractivity contribution < 1.29 is 27.5 Å². The summed E-state index contributed by atoms with van der Waals surface area (Å²) in [6, 6.07) is 10.7. The van der Waals surface area contributed by atoms with Crippen LogP contribution in [0.1, 0.15) is 22.5 Å². The fourth-order valence-electron chi connectivity index (χ4n) is 3.54. The third kappa shape index (κ3) is 4.66. The molecule has 1 aliphatic heterocycles. The fourth-order valence-corrected chi connectivity index (χ4v) is 5.51. The lowest BCUT2D eigenvalue weighted by atomic mass is 10.2. The van der Waals surface area contributed by atoms with Crippen molar-refractivity contribution >= 4 is 50.9 Å². The first-order valence-electron chi connectivity index (χ1n) is 10.2. The Morgan fingerprint density at radius 3 is 2.46 bits per heavy atom. The number of nitrogens with zero attached hydrogens (tertiary/aromatic N) is 2. The second kappa shape index (κ2) is 9.40. The summed E-state index contributed by atoms with van der Waals surface area (Å²) in [6.07, 6.45) is -0.945. The van der Waals surface area contributed by atoms with Gasteiger partial charge in [0.2, 0.25) is 6.10 Å². The molecule has 10 nitrogen and oxygen atoms in total. The van der Waals surface area contributed by atoms with E-state index in [2.05, 4.69) is 4.72 Å². The number of ether oxygens (including phenoxy) is 2. The molecule has 184 valence electrons. The zero-order valence-corrected chi connectivity index (χ0v) is 20.8. The SMILES string of the molecule is Cc1c(NS(=O)(=O)c2cc(C(=O)OC3CCOC3=O)c(Cl)cc2Cl)c(=O)n(-c2ccccc2)n1C. The first-order valence-corrected chi connectivity index (χ1v) is 12.5. The van der Waals surface area contributed by atoms with E-state index < -0.39 is 38.5 Å². The topological polar surface area (TPSA) is 126 Å². The zero-order valence-electron chi connectivity index (χ0n) is 18.4. The average molecular weight is 540 g/mol. The number of benzene rings is 2. The maximum absolute atomic E-state index is 13.2. The van der Waals surface area contributed by atoms with E-state index in [0.29, 0.717) is 11.4 Å². The quantitative estimate of drug-likeness (QED) is 0.477. The molecule has 1 aliphatic rings. The number of sulfonamides is 1. The summed E-state index contributed by atoms with van der Waals surface area (Å²) in [4.78, 5) is 36.8. The van der Waals surface area contributed by atoms with E-state index in [1.54, 1.807) is 44.3 Å². The van der Waals surface area contributed by atoms with Crippen molar-refractivity contribution in [3.63, 3.8) is 0 Å². The minimum atomic E-state index is -4.45. The van der Waals surface area contributed by atoms with Crippen LogP contribution in [0.5, 0.6) is 0 Å². The standard InChI is InChI=1S/C22H19Cl2N3O7S/c1-12-19(20(28)27(26(12)2)13-6-4-3-5-7-13)25-35(31,32)18-10-14(15(23)11-16(18)24)21(29)34-17-8-9-33-22(17)30/h3-7,10-11,17,25H,8-9H2,1-2H3. The number of esters is 2. The second-order valence-corrected chi connectivity index (χ2v) is 10.1. The van der Waals surface area contributed by atoms with Crippen molar-refractivity contribution in [2.75, 3.05) is 11.3 Å². The lowest BCUT2D eigenvalue weighted by molar-refractivity contribution is -0.145. The first-order chi connectivity index (χ1) is 16.5. The van der Waals surface area contributed by atoms with Crippen LogP contribution in [0.15, 0.2) is 52.2 Å². The molecule has 2 aromatic carbocycles. The highest BCUT2D eigenvalue weighted by Crippen LogP contribution is 2.31. The molecule has 0 bridgehead atoms. The van der Waals surface area contributed by atoms with Gasteiger partial charge in [0.05, 0.1) is 33.6 Å². The number of halogens is 2. The highest BCUT2D eigenvalue weighted by Gasteiger charge is 2.32. The molecular formula is C22H19Cl2N3O7S. The van der Waals surface area contributed by atoms with Gasteiger partial charge in [0.15, 0.2) is 0 Å². The van der Waals surface area contributed by atoms with Gasteiger partial charge >= 0.3 is 11.9 Å². The van der Waals surface area contributed by atoms with Gasteiger partial charge in [-0.1, -0.05) is 41.4 Å². The maximum atomic E-state index is 13.2. The van der Waals surface area contributed by atoms with E-state index in [1.807, 2.05) is 0 Å². The Morgan fingerprint density at radius 1 is 1.14 bits per heavy atom. The second-order valence-electron chi connectivity index (χ2n) is 7.65. The molecule has 4 rings (SSSR count). The summed E-state index contributed by atoms with van der Waals surface area (Å²) in [5.74, 6) is -1.72. The van der Waals surface area contributed by atoms with Crippen molar-refractivity contribution in [2.24, 2.45) is 7.05 Å². The Hall–Kier alpha value is -3.28. The number of aromatic nitrogens is 2.